The van der Waals surface area contributed by atoms with Crippen molar-refractivity contribution in [2.24, 2.45) is 0 Å². The van der Waals surface area contributed by atoms with Crippen LogP contribution in [0.4, 0.5) is 5.69 Å². The van der Waals surface area contributed by atoms with Gasteiger partial charge in [0.25, 0.3) is 5.91 Å². The van der Waals surface area contributed by atoms with Crippen LogP contribution in [0.25, 0.3) is 0 Å². The molecule has 0 radical (unpaired) electrons. The Morgan fingerprint density at radius 1 is 1.35 bits per heavy atom. The number of aryl methyl sites for hydroxylation is 2. The fraction of sp³-hybridized carbons (Fsp3) is 0.200. The van der Waals surface area contributed by atoms with E-state index in [2.05, 4.69) is 15.5 Å². The number of amides is 1. The molecule has 0 bridgehead atoms. The third kappa shape index (κ3) is 2.81. The SMILES string of the molecule is CCc1nnc(C)cc1C(=O)Nc1ccccc1C#N. The first-order chi connectivity index (χ1) is 9.65. The minimum Gasteiger partial charge on any atom is -0.321 e. The Labute approximate surface area is 117 Å². The van der Waals surface area contributed by atoms with Gasteiger partial charge in [-0.05, 0) is 31.5 Å². The Balaban J connectivity index is 2.33. The number of para-hydroxylation sites is 1. The fourth-order valence-corrected chi connectivity index (χ4v) is 1.85. The van der Waals surface area contributed by atoms with E-state index in [1.54, 1.807) is 37.3 Å². The molecule has 0 saturated heterocycles. The van der Waals surface area contributed by atoms with Gasteiger partial charge in [0.15, 0.2) is 0 Å². The van der Waals surface area contributed by atoms with Crippen LogP contribution >= 0.6 is 0 Å². The number of carbonyl (C=O) groups is 1. The summed E-state index contributed by atoms with van der Waals surface area (Å²) in [6.07, 6.45) is 0.621. The van der Waals surface area contributed by atoms with Gasteiger partial charge in [0.05, 0.1) is 28.2 Å². The number of hydrogen-bond donors (Lipinski definition) is 1. The van der Waals surface area contributed by atoms with E-state index in [-0.39, 0.29) is 5.91 Å². The lowest BCUT2D eigenvalue weighted by atomic mass is 10.1. The number of aromatic nitrogens is 2. The van der Waals surface area contributed by atoms with E-state index in [0.717, 1.165) is 0 Å². The van der Waals surface area contributed by atoms with Crippen LogP contribution in [0.1, 0.15) is 34.2 Å². The van der Waals surface area contributed by atoms with E-state index >= 15 is 0 Å². The quantitative estimate of drug-likeness (QED) is 0.925. The van der Waals surface area contributed by atoms with Crippen molar-refractivity contribution >= 4 is 11.6 Å². The lowest BCUT2D eigenvalue weighted by Crippen LogP contribution is -2.16. The van der Waals surface area contributed by atoms with E-state index in [0.29, 0.717) is 34.6 Å². The zero-order valence-corrected chi connectivity index (χ0v) is 11.3. The molecule has 0 aliphatic heterocycles. The summed E-state index contributed by atoms with van der Waals surface area (Å²) in [5.74, 6) is -0.275. The van der Waals surface area contributed by atoms with Crippen LogP contribution in [-0.2, 0) is 6.42 Å². The topological polar surface area (TPSA) is 78.7 Å². The van der Waals surface area contributed by atoms with Crippen LogP contribution in [0.5, 0.6) is 0 Å². The van der Waals surface area contributed by atoms with Gasteiger partial charge in [-0.3, -0.25) is 4.79 Å². The predicted octanol–water partition coefficient (Wildman–Crippen LogP) is 2.47. The normalized spacial score (nSPS) is 9.85. The summed E-state index contributed by atoms with van der Waals surface area (Å²) < 4.78 is 0. The van der Waals surface area contributed by atoms with Crippen molar-refractivity contribution in [3.05, 3.63) is 52.8 Å². The maximum atomic E-state index is 12.3. The van der Waals surface area contributed by atoms with Crippen molar-refractivity contribution in [3.8, 4) is 6.07 Å². The summed E-state index contributed by atoms with van der Waals surface area (Å²) in [7, 11) is 0. The molecule has 5 nitrogen and oxygen atoms in total. The molecule has 0 atom stereocenters. The number of nitrogens with one attached hydrogen (secondary N) is 1. The molecular weight excluding hydrogens is 252 g/mol. The molecular formula is C15H14N4O. The number of carbonyl (C=O) groups excluding carboxylic acids is 1. The van der Waals surface area contributed by atoms with Crippen LogP contribution in [-0.4, -0.2) is 16.1 Å². The molecule has 1 aromatic carbocycles. The Hall–Kier alpha value is -2.74. The van der Waals surface area contributed by atoms with Gasteiger partial charge >= 0.3 is 0 Å². The zero-order chi connectivity index (χ0) is 14.5. The van der Waals surface area contributed by atoms with Crippen LogP contribution in [0.3, 0.4) is 0 Å². The summed E-state index contributed by atoms with van der Waals surface area (Å²) in [5, 5.41) is 19.8. The zero-order valence-electron chi connectivity index (χ0n) is 11.3. The highest BCUT2D eigenvalue weighted by Crippen LogP contribution is 2.16. The second-order valence-corrected chi connectivity index (χ2v) is 4.31. The molecule has 5 heteroatoms. The lowest BCUT2D eigenvalue weighted by molar-refractivity contribution is 0.102. The Kier molecular flexibility index (Phi) is 4.06. The van der Waals surface area contributed by atoms with E-state index in [1.165, 1.54) is 0 Å². The summed E-state index contributed by atoms with van der Waals surface area (Å²) in [6.45, 7) is 3.70. The second kappa shape index (κ2) is 5.93. The maximum Gasteiger partial charge on any atom is 0.257 e. The molecule has 100 valence electrons. The Bertz CT molecular complexity index is 689. The Morgan fingerprint density at radius 3 is 2.80 bits per heavy atom. The number of benzene rings is 1. The number of nitriles is 1. The summed E-state index contributed by atoms with van der Waals surface area (Å²) in [6, 6.07) is 10.6. The molecule has 1 heterocycles. The summed E-state index contributed by atoms with van der Waals surface area (Å²) in [5.41, 5.74) is 2.74. The van der Waals surface area contributed by atoms with Gasteiger partial charge in [-0.15, -0.1) is 0 Å². The van der Waals surface area contributed by atoms with E-state index in [4.69, 9.17) is 5.26 Å². The minimum absolute atomic E-state index is 0.275. The van der Waals surface area contributed by atoms with E-state index in [9.17, 15) is 4.79 Å². The number of rotatable bonds is 3. The van der Waals surface area contributed by atoms with Crippen molar-refractivity contribution in [1.29, 1.82) is 5.26 Å². The highest BCUT2D eigenvalue weighted by molar-refractivity contribution is 6.05. The highest BCUT2D eigenvalue weighted by Gasteiger charge is 2.14. The average Bonchev–Trinajstić information content (AvgIpc) is 2.47. The predicted molar refractivity (Wildman–Crippen MR) is 75.3 cm³/mol. The van der Waals surface area contributed by atoms with Crippen molar-refractivity contribution in [3.63, 3.8) is 0 Å². The summed E-state index contributed by atoms with van der Waals surface area (Å²) >= 11 is 0. The van der Waals surface area contributed by atoms with Gasteiger partial charge in [0.1, 0.15) is 6.07 Å². The molecule has 2 rings (SSSR count). The first-order valence-electron chi connectivity index (χ1n) is 6.29. The third-order valence-corrected chi connectivity index (χ3v) is 2.87. The first kappa shape index (κ1) is 13.7. The molecule has 2 aromatic rings. The number of anilines is 1. The van der Waals surface area contributed by atoms with Crippen LogP contribution < -0.4 is 5.32 Å². The van der Waals surface area contributed by atoms with Crippen molar-refractivity contribution in [2.75, 3.05) is 5.32 Å². The van der Waals surface area contributed by atoms with Gasteiger partial charge in [0.2, 0.25) is 0 Å². The number of hydrogen-bond acceptors (Lipinski definition) is 4. The molecule has 1 N–H and O–H groups in total. The van der Waals surface area contributed by atoms with E-state index in [1.807, 2.05) is 13.0 Å². The molecule has 0 fully saturated rings. The molecule has 0 saturated carbocycles. The molecule has 0 spiro atoms. The van der Waals surface area contributed by atoms with Crippen molar-refractivity contribution in [1.82, 2.24) is 10.2 Å². The molecule has 0 aliphatic carbocycles. The molecule has 1 amide bonds. The second-order valence-electron chi connectivity index (χ2n) is 4.31. The molecule has 0 unspecified atom stereocenters. The van der Waals surface area contributed by atoms with Gasteiger partial charge in [-0.2, -0.15) is 15.5 Å². The van der Waals surface area contributed by atoms with Crippen molar-refractivity contribution < 1.29 is 4.79 Å². The largest absolute Gasteiger partial charge is 0.321 e. The monoisotopic (exact) mass is 266 g/mol. The van der Waals surface area contributed by atoms with Crippen LogP contribution in [0.2, 0.25) is 0 Å². The van der Waals surface area contributed by atoms with Gasteiger partial charge < -0.3 is 5.32 Å². The van der Waals surface area contributed by atoms with E-state index < -0.39 is 0 Å². The minimum atomic E-state index is -0.275. The molecule has 1 aromatic heterocycles. The smallest absolute Gasteiger partial charge is 0.257 e. The average molecular weight is 266 g/mol. The standard InChI is InChI=1S/C15H14N4O/c1-3-13-12(8-10(2)18-19-13)15(20)17-14-7-5-4-6-11(14)9-16/h4-8H,3H2,1-2H3,(H,17,20). The maximum absolute atomic E-state index is 12.3. The van der Waals surface area contributed by atoms with Gasteiger partial charge in [-0.25, -0.2) is 0 Å². The number of nitrogens with zero attached hydrogens (tertiary/aromatic N) is 3. The summed E-state index contributed by atoms with van der Waals surface area (Å²) in [4.78, 5) is 12.3. The third-order valence-electron chi connectivity index (χ3n) is 2.87. The van der Waals surface area contributed by atoms with Gasteiger partial charge in [-0.1, -0.05) is 19.1 Å². The molecule has 0 aliphatic rings. The highest BCUT2D eigenvalue weighted by atomic mass is 16.1. The van der Waals surface area contributed by atoms with Gasteiger partial charge in [0, 0.05) is 0 Å². The van der Waals surface area contributed by atoms with Crippen LogP contribution in [0.15, 0.2) is 30.3 Å². The molecule has 20 heavy (non-hydrogen) atoms. The Morgan fingerprint density at radius 2 is 2.10 bits per heavy atom. The lowest BCUT2D eigenvalue weighted by Gasteiger charge is -2.09. The van der Waals surface area contributed by atoms with Crippen molar-refractivity contribution in [2.45, 2.75) is 20.3 Å². The first-order valence-corrected chi connectivity index (χ1v) is 6.29. The fourth-order valence-electron chi connectivity index (χ4n) is 1.85. The van der Waals surface area contributed by atoms with Crippen LogP contribution in [0, 0.1) is 18.3 Å².